The Hall–Kier alpha value is -1.48. The molecule has 1 saturated heterocycles. The van der Waals surface area contributed by atoms with Gasteiger partial charge in [-0.05, 0) is 18.8 Å². The molecule has 0 radical (unpaired) electrons. The van der Waals surface area contributed by atoms with Gasteiger partial charge in [-0.1, -0.05) is 12.1 Å². The van der Waals surface area contributed by atoms with E-state index in [1.54, 1.807) is 35.3 Å². The second-order valence-corrected chi connectivity index (χ2v) is 7.35. The minimum Gasteiger partial charge on any atom is -0.398 e. The van der Waals surface area contributed by atoms with Crippen LogP contribution >= 0.6 is 23.5 Å². The van der Waals surface area contributed by atoms with Gasteiger partial charge in [0.1, 0.15) is 18.5 Å². The highest BCUT2D eigenvalue weighted by atomic mass is 32.2. The average molecular weight is 371 g/mol. The van der Waals surface area contributed by atoms with E-state index in [9.17, 15) is 14.4 Å². The number of fused-ring (bicyclic) bond motifs is 1. The van der Waals surface area contributed by atoms with Crippen LogP contribution in [0.4, 0.5) is 0 Å². The fourth-order valence-corrected chi connectivity index (χ4v) is 4.85. The Morgan fingerprint density at radius 2 is 2.21 bits per heavy atom. The number of thioether (sulfide) groups is 2. The summed E-state index contributed by atoms with van der Waals surface area (Å²) in [5, 5.41) is 5.99. The van der Waals surface area contributed by atoms with Crippen LogP contribution in [0.15, 0.2) is 16.4 Å². The van der Waals surface area contributed by atoms with Crippen molar-refractivity contribution < 1.29 is 19.2 Å². The van der Waals surface area contributed by atoms with E-state index in [1.807, 2.05) is 13.2 Å². The molecule has 132 valence electrons. The molecule has 24 heavy (non-hydrogen) atoms. The van der Waals surface area contributed by atoms with Crippen molar-refractivity contribution in [3.05, 3.63) is 11.3 Å². The maximum absolute atomic E-state index is 12.4. The molecule has 1 fully saturated rings. The lowest BCUT2D eigenvalue weighted by molar-refractivity contribution is -0.145. The summed E-state index contributed by atoms with van der Waals surface area (Å²) in [5.74, 6) is 0.478. The number of hydrogen-bond donors (Lipinski definition) is 1. The van der Waals surface area contributed by atoms with Gasteiger partial charge in [0, 0.05) is 23.6 Å². The summed E-state index contributed by atoms with van der Waals surface area (Å²) in [6, 6.07) is -0.639. The third kappa shape index (κ3) is 3.46. The molecule has 0 spiro atoms. The standard InChI is InChI=1S/C15H21N3O4S2/c1-5-10(19)11(17-22-3)13(20)16-12-14(21)18-8(2)9(6-23-4)7-24-15(12)18/h12,15H,5-7H2,1-4H3,(H,16,20)/b17-11-. The smallest absolute Gasteiger partial charge is 0.277 e. The number of oxime groups is 1. The topological polar surface area (TPSA) is 88.1 Å². The Labute approximate surface area is 149 Å². The Morgan fingerprint density at radius 1 is 1.50 bits per heavy atom. The molecule has 2 heterocycles. The summed E-state index contributed by atoms with van der Waals surface area (Å²) in [6.45, 7) is 3.57. The third-order valence-corrected chi connectivity index (χ3v) is 5.91. The van der Waals surface area contributed by atoms with Crippen LogP contribution in [0.1, 0.15) is 20.3 Å². The van der Waals surface area contributed by atoms with Crippen molar-refractivity contribution in [3.63, 3.8) is 0 Å². The monoisotopic (exact) mass is 371 g/mol. The molecular formula is C15H21N3O4S2. The first kappa shape index (κ1) is 18.9. The highest BCUT2D eigenvalue weighted by molar-refractivity contribution is 8.00. The molecule has 9 heteroatoms. The van der Waals surface area contributed by atoms with Gasteiger partial charge < -0.3 is 10.2 Å². The maximum atomic E-state index is 12.4. The van der Waals surface area contributed by atoms with E-state index >= 15 is 0 Å². The zero-order valence-corrected chi connectivity index (χ0v) is 15.8. The van der Waals surface area contributed by atoms with E-state index in [1.165, 1.54) is 12.7 Å². The fraction of sp³-hybridized carbons (Fsp3) is 0.600. The second-order valence-electron chi connectivity index (χ2n) is 5.38. The van der Waals surface area contributed by atoms with E-state index in [2.05, 4.69) is 15.3 Å². The molecule has 0 saturated carbocycles. The quantitative estimate of drug-likeness (QED) is 0.311. The van der Waals surface area contributed by atoms with E-state index in [0.717, 1.165) is 17.2 Å². The number of ketones is 1. The number of nitrogens with zero attached hydrogens (tertiary/aromatic N) is 2. The molecule has 0 aromatic rings. The number of amides is 2. The molecule has 1 N–H and O–H groups in total. The molecule has 2 aliphatic heterocycles. The number of carbonyl (C=O) groups excluding carboxylic acids is 3. The number of β-lactam (4-membered cyclic amide) rings is 1. The van der Waals surface area contributed by atoms with Gasteiger partial charge in [0.15, 0.2) is 5.78 Å². The largest absolute Gasteiger partial charge is 0.398 e. The lowest BCUT2D eigenvalue weighted by atomic mass is 10.0. The number of rotatable bonds is 7. The highest BCUT2D eigenvalue weighted by Gasteiger charge is 2.51. The minimum absolute atomic E-state index is 0.132. The summed E-state index contributed by atoms with van der Waals surface area (Å²) in [6.07, 6.45) is 2.16. The molecule has 2 amide bonds. The van der Waals surface area contributed by atoms with Gasteiger partial charge >= 0.3 is 0 Å². The van der Waals surface area contributed by atoms with Crippen LogP contribution in [0.5, 0.6) is 0 Å². The van der Waals surface area contributed by atoms with Crippen LogP contribution in [0.2, 0.25) is 0 Å². The summed E-state index contributed by atoms with van der Waals surface area (Å²) in [4.78, 5) is 42.8. The van der Waals surface area contributed by atoms with Gasteiger partial charge in [-0.25, -0.2) is 0 Å². The van der Waals surface area contributed by atoms with Crippen LogP contribution in [-0.4, -0.2) is 64.5 Å². The van der Waals surface area contributed by atoms with Gasteiger partial charge in [0.2, 0.25) is 5.71 Å². The number of hydrogen-bond acceptors (Lipinski definition) is 7. The Bertz CT molecular complexity index is 618. The van der Waals surface area contributed by atoms with E-state index in [-0.39, 0.29) is 23.4 Å². The van der Waals surface area contributed by atoms with Crippen molar-refractivity contribution in [2.24, 2.45) is 5.16 Å². The van der Waals surface area contributed by atoms with Gasteiger partial charge in [-0.15, -0.1) is 11.8 Å². The van der Waals surface area contributed by atoms with Crippen molar-refractivity contribution in [2.75, 3.05) is 24.9 Å². The number of nitrogens with one attached hydrogen (secondary N) is 1. The molecule has 0 aromatic heterocycles. The van der Waals surface area contributed by atoms with Crippen LogP contribution in [0, 0.1) is 0 Å². The zero-order chi connectivity index (χ0) is 17.9. The van der Waals surface area contributed by atoms with Crippen LogP contribution in [0.25, 0.3) is 0 Å². The van der Waals surface area contributed by atoms with Gasteiger partial charge in [-0.2, -0.15) is 11.8 Å². The molecule has 2 aliphatic rings. The summed E-state index contributed by atoms with van der Waals surface area (Å²) in [5.41, 5.74) is 1.91. The predicted molar refractivity (Wildman–Crippen MR) is 95.8 cm³/mol. The first-order chi connectivity index (χ1) is 11.5. The Morgan fingerprint density at radius 3 is 2.79 bits per heavy atom. The Balaban J connectivity index is 2.09. The fourth-order valence-electron chi connectivity index (χ4n) is 2.59. The zero-order valence-electron chi connectivity index (χ0n) is 14.1. The molecule has 2 unspecified atom stereocenters. The average Bonchev–Trinajstić information content (AvgIpc) is 2.58. The van der Waals surface area contributed by atoms with Gasteiger partial charge in [0.05, 0.1) is 0 Å². The molecular weight excluding hydrogens is 350 g/mol. The van der Waals surface area contributed by atoms with Crippen molar-refractivity contribution >= 4 is 46.8 Å². The first-order valence-corrected chi connectivity index (χ1v) is 9.97. The van der Waals surface area contributed by atoms with Crippen LogP contribution < -0.4 is 5.32 Å². The minimum atomic E-state index is -0.668. The maximum Gasteiger partial charge on any atom is 0.277 e. The summed E-state index contributed by atoms with van der Waals surface area (Å²) < 4.78 is 0. The molecule has 7 nitrogen and oxygen atoms in total. The number of Topliss-reactive ketones (excluding diaryl/α,β-unsaturated/α-hetero) is 1. The molecule has 2 rings (SSSR count). The number of carbonyl (C=O) groups is 3. The van der Waals surface area contributed by atoms with E-state index in [0.29, 0.717) is 0 Å². The summed E-state index contributed by atoms with van der Waals surface area (Å²) in [7, 11) is 1.27. The summed E-state index contributed by atoms with van der Waals surface area (Å²) >= 11 is 3.34. The van der Waals surface area contributed by atoms with Crippen molar-refractivity contribution in [1.82, 2.24) is 10.2 Å². The lowest BCUT2D eigenvalue weighted by Gasteiger charge is -2.50. The lowest BCUT2D eigenvalue weighted by Crippen LogP contribution is -2.70. The Kier molecular flexibility index (Phi) is 6.34. The van der Waals surface area contributed by atoms with Gasteiger partial charge in [0.25, 0.3) is 11.8 Å². The molecule has 0 bridgehead atoms. The SMILES string of the molecule is CCC(=O)/C(=N/OC)C(=O)NC1C(=O)N2C(C)=C(CSC)CSC12. The predicted octanol–water partition coefficient (Wildman–Crippen LogP) is 1.00. The van der Waals surface area contributed by atoms with E-state index < -0.39 is 17.7 Å². The van der Waals surface area contributed by atoms with Crippen molar-refractivity contribution in [2.45, 2.75) is 31.7 Å². The van der Waals surface area contributed by atoms with Gasteiger partial charge in [-0.3, -0.25) is 19.3 Å². The number of allylic oxidation sites excluding steroid dienone is 1. The molecule has 0 aliphatic carbocycles. The van der Waals surface area contributed by atoms with Crippen LogP contribution in [-0.2, 0) is 19.2 Å². The molecule has 2 atom stereocenters. The second kappa shape index (κ2) is 8.06. The van der Waals surface area contributed by atoms with E-state index in [4.69, 9.17) is 0 Å². The normalized spacial score (nSPS) is 23.6. The third-order valence-electron chi connectivity index (χ3n) is 3.93. The molecule has 0 aromatic carbocycles. The van der Waals surface area contributed by atoms with Crippen molar-refractivity contribution in [3.8, 4) is 0 Å². The first-order valence-electron chi connectivity index (χ1n) is 7.53. The van der Waals surface area contributed by atoms with Crippen molar-refractivity contribution in [1.29, 1.82) is 0 Å². The van der Waals surface area contributed by atoms with Crippen LogP contribution in [0.3, 0.4) is 0 Å². The highest BCUT2D eigenvalue weighted by Crippen LogP contribution is 2.40.